The molecule has 3 aromatic carbocycles. The number of benzene rings is 3. The van der Waals surface area contributed by atoms with E-state index in [1.54, 1.807) is 35.1 Å². The predicted octanol–water partition coefficient (Wildman–Crippen LogP) is 5.42. The molecule has 0 spiro atoms. The van der Waals surface area contributed by atoms with Gasteiger partial charge in [-0.1, -0.05) is 48.9 Å². The molecule has 5 rings (SSSR count). The number of piperazine rings is 1. The molecule has 4 aromatic rings. The van der Waals surface area contributed by atoms with Crippen LogP contribution in [-0.2, 0) is 20.8 Å². The van der Waals surface area contributed by atoms with Crippen molar-refractivity contribution in [3.8, 4) is 11.3 Å². The van der Waals surface area contributed by atoms with Crippen molar-refractivity contribution in [3.63, 3.8) is 0 Å². The van der Waals surface area contributed by atoms with Gasteiger partial charge in [0.05, 0.1) is 5.69 Å². The van der Waals surface area contributed by atoms with Crippen LogP contribution in [0.3, 0.4) is 0 Å². The third kappa shape index (κ3) is 11.0. The summed E-state index contributed by atoms with van der Waals surface area (Å²) in [5.74, 6) is 0.511. The fraction of sp³-hybridized carbons (Fsp3) is 0.257. The molecule has 1 fully saturated rings. The lowest BCUT2D eigenvalue weighted by atomic mass is 10.1. The molecule has 236 valence electrons. The van der Waals surface area contributed by atoms with Crippen molar-refractivity contribution in [1.29, 1.82) is 0 Å². The normalized spacial score (nSPS) is 11.7. The standard InChI is InChI=1S/C24H26N6O2.C9H12.2CH2O/c1-17(31)29-13-15-30(16-14-29)23(32)19-5-9-21(10-6-19)27-24-26-12-11-22(28-24)18-3-7-20(25-2)8-4-18;1-3-9-6-4-8(2)5-7-9;2*1-2/h3-12,25H,13-16H2,1-2H3,(H,26,27,28);4-7H,3H2,1-2H3;2*1H2. The zero-order chi connectivity index (χ0) is 33.2. The van der Waals surface area contributed by atoms with E-state index in [4.69, 9.17) is 9.59 Å². The number of rotatable bonds is 6. The van der Waals surface area contributed by atoms with E-state index in [0.29, 0.717) is 37.7 Å². The summed E-state index contributed by atoms with van der Waals surface area (Å²) in [5, 5.41) is 6.30. The Kier molecular flexibility index (Phi) is 15.1. The summed E-state index contributed by atoms with van der Waals surface area (Å²) in [4.78, 5) is 52.7. The van der Waals surface area contributed by atoms with Crippen molar-refractivity contribution >= 4 is 42.7 Å². The van der Waals surface area contributed by atoms with Crippen LogP contribution in [0.25, 0.3) is 11.3 Å². The lowest BCUT2D eigenvalue weighted by Gasteiger charge is -2.34. The van der Waals surface area contributed by atoms with Crippen molar-refractivity contribution in [1.82, 2.24) is 19.8 Å². The van der Waals surface area contributed by atoms with Gasteiger partial charge in [0.15, 0.2) is 0 Å². The molecule has 0 bridgehead atoms. The SMILES string of the molecule is C=O.C=O.CCc1ccc(C)cc1.CNc1ccc(-c2ccnc(Nc3ccc(C(=O)N4CCN(C(C)=O)CC4)cc3)n2)cc1. The molecular weight excluding hydrogens is 568 g/mol. The first kappa shape index (κ1) is 35.8. The topological polar surface area (TPSA) is 125 Å². The minimum Gasteiger partial charge on any atom is -0.388 e. The number of aromatic nitrogens is 2. The van der Waals surface area contributed by atoms with E-state index >= 15 is 0 Å². The molecule has 0 saturated carbocycles. The second-order valence-electron chi connectivity index (χ2n) is 9.93. The summed E-state index contributed by atoms with van der Waals surface area (Å²) < 4.78 is 0. The average molecular weight is 611 g/mol. The van der Waals surface area contributed by atoms with Crippen LogP contribution in [0.15, 0.2) is 85.1 Å². The number of carbonyl (C=O) groups is 4. The summed E-state index contributed by atoms with van der Waals surface area (Å²) in [6.07, 6.45) is 2.86. The van der Waals surface area contributed by atoms with Crippen LogP contribution in [0, 0.1) is 6.92 Å². The third-order valence-corrected chi connectivity index (χ3v) is 7.05. The van der Waals surface area contributed by atoms with E-state index in [0.717, 1.165) is 29.1 Å². The van der Waals surface area contributed by atoms with E-state index < -0.39 is 0 Å². The van der Waals surface area contributed by atoms with Crippen LogP contribution in [0.1, 0.15) is 35.3 Å². The fourth-order valence-corrected chi connectivity index (χ4v) is 4.44. The number of carbonyl (C=O) groups excluding carboxylic acids is 4. The highest BCUT2D eigenvalue weighted by Crippen LogP contribution is 2.22. The Bertz CT molecular complexity index is 1470. The van der Waals surface area contributed by atoms with Gasteiger partial charge < -0.3 is 30.0 Å². The largest absolute Gasteiger partial charge is 0.388 e. The number of hydrogen-bond donors (Lipinski definition) is 2. The summed E-state index contributed by atoms with van der Waals surface area (Å²) in [5.41, 5.74) is 7.03. The van der Waals surface area contributed by atoms with Gasteiger partial charge >= 0.3 is 0 Å². The van der Waals surface area contributed by atoms with E-state index in [9.17, 15) is 9.59 Å². The van der Waals surface area contributed by atoms with Gasteiger partial charge in [-0.25, -0.2) is 9.97 Å². The van der Waals surface area contributed by atoms with Gasteiger partial charge in [-0.05, 0) is 61.4 Å². The minimum atomic E-state index is -0.0250. The number of nitrogens with zero attached hydrogens (tertiary/aromatic N) is 4. The van der Waals surface area contributed by atoms with Crippen molar-refractivity contribution in [3.05, 3.63) is 102 Å². The van der Waals surface area contributed by atoms with Gasteiger partial charge in [0.25, 0.3) is 5.91 Å². The highest BCUT2D eigenvalue weighted by atomic mass is 16.2. The van der Waals surface area contributed by atoms with Gasteiger partial charge in [-0.3, -0.25) is 9.59 Å². The summed E-state index contributed by atoms with van der Waals surface area (Å²) in [6.45, 7) is 12.1. The van der Waals surface area contributed by atoms with E-state index in [2.05, 4.69) is 58.7 Å². The van der Waals surface area contributed by atoms with E-state index in [-0.39, 0.29) is 11.8 Å². The summed E-state index contributed by atoms with van der Waals surface area (Å²) in [7, 11) is 1.88. The number of hydrogen-bond acceptors (Lipinski definition) is 8. The second kappa shape index (κ2) is 19.0. The number of nitrogens with one attached hydrogen (secondary N) is 2. The maximum Gasteiger partial charge on any atom is 0.253 e. The zero-order valence-corrected chi connectivity index (χ0v) is 26.5. The molecule has 0 unspecified atom stereocenters. The first-order valence-corrected chi connectivity index (χ1v) is 14.5. The first-order valence-electron chi connectivity index (χ1n) is 14.5. The highest BCUT2D eigenvalue weighted by Gasteiger charge is 2.23. The summed E-state index contributed by atoms with van der Waals surface area (Å²) >= 11 is 0. The Balaban J connectivity index is 0.000000458. The van der Waals surface area contributed by atoms with Gasteiger partial charge in [-0.15, -0.1) is 0 Å². The summed E-state index contributed by atoms with van der Waals surface area (Å²) in [6, 6.07) is 25.8. The molecule has 10 heteroatoms. The smallest absolute Gasteiger partial charge is 0.253 e. The van der Waals surface area contributed by atoms with Crippen molar-refractivity contribution in [2.24, 2.45) is 0 Å². The first-order chi connectivity index (χ1) is 21.9. The average Bonchev–Trinajstić information content (AvgIpc) is 3.11. The maximum absolute atomic E-state index is 12.8. The molecule has 1 aliphatic rings. The lowest BCUT2D eigenvalue weighted by molar-refractivity contribution is -0.130. The van der Waals surface area contributed by atoms with Gasteiger partial charge in [0.1, 0.15) is 13.6 Å². The Morgan fingerprint density at radius 1 is 0.778 bits per heavy atom. The molecule has 0 aliphatic carbocycles. The monoisotopic (exact) mass is 610 g/mol. The Labute approximate surface area is 265 Å². The lowest BCUT2D eigenvalue weighted by Crippen LogP contribution is -2.50. The molecule has 2 N–H and O–H groups in total. The van der Waals surface area contributed by atoms with Crippen molar-refractivity contribution < 1.29 is 19.2 Å². The third-order valence-electron chi connectivity index (χ3n) is 7.05. The van der Waals surface area contributed by atoms with Crippen molar-refractivity contribution in [2.45, 2.75) is 27.2 Å². The Hall–Kier alpha value is -5.38. The molecule has 45 heavy (non-hydrogen) atoms. The molecule has 0 atom stereocenters. The van der Waals surface area contributed by atoms with Crippen molar-refractivity contribution in [2.75, 3.05) is 43.9 Å². The van der Waals surface area contributed by atoms with E-state index in [1.807, 2.05) is 63.1 Å². The van der Waals surface area contributed by atoms with Gasteiger partial charge in [-0.2, -0.15) is 0 Å². The molecule has 2 heterocycles. The van der Waals surface area contributed by atoms with Crippen LogP contribution in [0.4, 0.5) is 17.3 Å². The van der Waals surface area contributed by atoms with E-state index in [1.165, 1.54) is 11.1 Å². The molecule has 1 aromatic heterocycles. The maximum atomic E-state index is 12.8. The number of anilines is 3. The second-order valence-corrected chi connectivity index (χ2v) is 9.93. The predicted molar refractivity (Wildman–Crippen MR) is 180 cm³/mol. The highest BCUT2D eigenvalue weighted by molar-refractivity contribution is 5.94. The van der Waals surface area contributed by atoms with Crippen LogP contribution in [-0.4, -0.2) is 78.4 Å². The quantitative estimate of drug-likeness (QED) is 0.297. The Morgan fingerprint density at radius 3 is 1.87 bits per heavy atom. The van der Waals surface area contributed by atoms with Crippen LogP contribution in [0.2, 0.25) is 0 Å². The molecule has 10 nitrogen and oxygen atoms in total. The molecule has 2 amide bonds. The fourth-order valence-electron chi connectivity index (χ4n) is 4.44. The Morgan fingerprint density at radius 2 is 1.33 bits per heavy atom. The number of amides is 2. The molecule has 1 aliphatic heterocycles. The minimum absolute atomic E-state index is 0.0250. The molecular formula is C35H42N6O4. The molecule has 0 radical (unpaired) electrons. The van der Waals surface area contributed by atoms with Gasteiger partial charge in [0, 0.05) is 68.8 Å². The zero-order valence-electron chi connectivity index (χ0n) is 26.5. The van der Waals surface area contributed by atoms with Crippen LogP contribution in [0.5, 0.6) is 0 Å². The van der Waals surface area contributed by atoms with Gasteiger partial charge in [0.2, 0.25) is 11.9 Å². The number of aryl methyl sites for hydroxylation is 2. The molecule has 1 saturated heterocycles. The van der Waals surface area contributed by atoms with Crippen LogP contribution < -0.4 is 10.6 Å². The van der Waals surface area contributed by atoms with Crippen LogP contribution >= 0.6 is 0 Å².